The van der Waals surface area contributed by atoms with Crippen LogP contribution in [-0.4, -0.2) is 16.1 Å². The molecule has 0 amide bonds. The first-order chi connectivity index (χ1) is 13.1. The van der Waals surface area contributed by atoms with Crippen molar-refractivity contribution in [3.8, 4) is 5.69 Å². The van der Waals surface area contributed by atoms with Gasteiger partial charge in [-0.2, -0.15) is 5.10 Å². The fourth-order valence-corrected chi connectivity index (χ4v) is 4.28. The van der Waals surface area contributed by atoms with Crippen molar-refractivity contribution >= 4 is 20.8 Å². The van der Waals surface area contributed by atoms with E-state index in [-0.39, 0.29) is 17.6 Å². The molecular weight excluding hydrogens is 365 g/mol. The van der Waals surface area contributed by atoms with E-state index in [4.69, 9.17) is 0 Å². The Labute approximate surface area is 158 Å². The van der Waals surface area contributed by atoms with Gasteiger partial charge in [0, 0.05) is 17.9 Å². The van der Waals surface area contributed by atoms with Gasteiger partial charge in [-0.15, -0.1) is 9.24 Å². The molecule has 0 N–H and O–H groups in total. The summed E-state index contributed by atoms with van der Waals surface area (Å²) >= 11 is 0. The van der Waals surface area contributed by atoms with Crippen molar-refractivity contribution in [2.75, 3.05) is 0 Å². The minimum atomic E-state index is -0.323. The first-order valence-electron chi connectivity index (χ1n) is 8.91. The number of benzene rings is 1. The maximum absolute atomic E-state index is 13.8. The number of rotatable bonds is 4. The van der Waals surface area contributed by atoms with Gasteiger partial charge >= 0.3 is 0 Å². The molecule has 1 heterocycles. The van der Waals surface area contributed by atoms with Gasteiger partial charge in [0.05, 0.1) is 11.4 Å². The zero-order valence-electron chi connectivity index (χ0n) is 14.7. The zero-order valence-corrected chi connectivity index (χ0v) is 15.8. The second-order valence-electron chi connectivity index (χ2n) is 6.89. The molecule has 0 saturated heterocycles. The van der Waals surface area contributed by atoms with Crippen LogP contribution in [0.15, 0.2) is 53.9 Å². The fraction of sp³-hybridized carbons (Fsp3) is 0.238. The first-order valence-corrected chi connectivity index (χ1v) is 9.48. The molecule has 2 atom stereocenters. The Morgan fingerprint density at radius 3 is 2.96 bits per heavy atom. The summed E-state index contributed by atoms with van der Waals surface area (Å²) < 4.78 is 29.1. The standard InChI is InChI=1S/C21H19F2N2OP/c22-15-4-2-1-3-13(10-15)9-14-5-7-17-18(12-26)24-25(21(14)17)19-8-6-16(23)11-20(19)27/h1-3,6,8,10-12,14H,4-5,7,9,27H2. The van der Waals surface area contributed by atoms with E-state index in [1.165, 1.54) is 12.1 Å². The van der Waals surface area contributed by atoms with Crippen LogP contribution in [0.25, 0.3) is 5.69 Å². The van der Waals surface area contributed by atoms with Gasteiger partial charge in [-0.1, -0.05) is 18.2 Å². The Balaban J connectivity index is 1.76. The minimum Gasteiger partial charge on any atom is -0.296 e. The molecule has 1 aromatic heterocycles. The fourth-order valence-electron chi connectivity index (χ4n) is 3.90. The minimum absolute atomic E-state index is 0.123. The number of carbonyl (C=O) groups excluding carboxylic acids is 1. The normalized spacial score (nSPS) is 18.7. The highest BCUT2D eigenvalue weighted by molar-refractivity contribution is 7.27. The number of carbonyl (C=O) groups is 1. The number of fused-ring (bicyclic) bond motifs is 1. The summed E-state index contributed by atoms with van der Waals surface area (Å²) in [5.74, 6) is -0.353. The lowest BCUT2D eigenvalue weighted by Gasteiger charge is -2.16. The third kappa shape index (κ3) is 3.44. The van der Waals surface area contributed by atoms with Gasteiger partial charge in [0.25, 0.3) is 0 Å². The largest absolute Gasteiger partial charge is 0.296 e. The average molecular weight is 384 g/mol. The van der Waals surface area contributed by atoms with Crippen LogP contribution in [0, 0.1) is 5.82 Å². The van der Waals surface area contributed by atoms with Gasteiger partial charge in [-0.3, -0.25) is 4.79 Å². The van der Waals surface area contributed by atoms with E-state index in [0.29, 0.717) is 23.8 Å². The molecule has 4 rings (SSSR count). The summed E-state index contributed by atoms with van der Waals surface area (Å²) in [6.45, 7) is 0. The number of aldehydes is 1. The number of halogens is 2. The maximum atomic E-state index is 13.8. The lowest BCUT2D eigenvalue weighted by atomic mass is 9.96. The zero-order chi connectivity index (χ0) is 19.0. The third-order valence-corrected chi connectivity index (χ3v) is 5.56. The van der Waals surface area contributed by atoms with E-state index < -0.39 is 0 Å². The second-order valence-corrected chi connectivity index (χ2v) is 7.51. The Kier molecular flexibility index (Phi) is 4.88. The maximum Gasteiger partial charge on any atom is 0.170 e. The summed E-state index contributed by atoms with van der Waals surface area (Å²) in [6.07, 6.45) is 10.6. The predicted molar refractivity (Wildman–Crippen MR) is 105 cm³/mol. The van der Waals surface area contributed by atoms with Crippen molar-refractivity contribution < 1.29 is 13.6 Å². The van der Waals surface area contributed by atoms with Gasteiger partial charge in [-0.05, 0) is 54.4 Å². The van der Waals surface area contributed by atoms with Crippen LogP contribution < -0.4 is 5.30 Å². The van der Waals surface area contributed by atoms with Crippen molar-refractivity contribution in [1.82, 2.24) is 9.78 Å². The van der Waals surface area contributed by atoms with E-state index in [2.05, 4.69) is 14.3 Å². The average Bonchev–Trinajstić information content (AvgIpc) is 3.12. The highest BCUT2D eigenvalue weighted by Gasteiger charge is 2.32. The predicted octanol–water partition coefficient (Wildman–Crippen LogP) is 4.48. The molecule has 2 aromatic rings. The molecular formula is C21H19F2N2OP. The van der Waals surface area contributed by atoms with Gasteiger partial charge in [0.2, 0.25) is 0 Å². The number of allylic oxidation sites excluding steroid dienone is 6. The molecule has 0 fully saturated rings. The van der Waals surface area contributed by atoms with Crippen LogP contribution in [0.1, 0.15) is 46.9 Å². The van der Waals surface area contributed by atoms with Crippen LogP contribution in [0.2, 0.25) is 0 Å². The Hall–Kier alpha value is -2.39. The molecule has 0 aliphatic heterocycles. The van der Waals surface area contributed by atoms with E-state index in [9.17, 15) is 13.6 Å². The van der Waals surface area contributed by atoms with E-state index >= 15 is 0 Å². The summed E-state index contributed by atoms with van der Waals surface area (Å²) in [6, 6.07) is 4.48. The highest BCUT2D eigenvalue weighted by Crippen LogP contribution is 2.40. The molecule has 0 radical (unpaired) electrons. The highest BCUT2D eigenvalue weighted by atomic mass is 31.0. The molecule has 2 unspecified atom stereocenters. The molecule has 1 aromatic carbocycles. The molecule has 6 heteroatoms. The SMILES string of the molecule is O=Cc1nn(-c2ccc(F)cc2P)c2c1CCC2CC1=CC=CCC(F)=C1. The van der Waals surface area contributed by atoms with Crippen molar-refractivity contribution in [2.45, 2.75) is 31.6 Å². The lowest BCUT2D eigenvalue weighted by molar-refractivity contribution is 0.111. The molecule has 0 saturated carbocycles. The van der Waals surface area contributed by atoms with Gasteiger partial charge < -0.3 is 0 Å². The Morgan fingerprint density at radius 2 is 2.19 bits per heavy atom. The second kappa shape index (κ2) is 7.32. The molecule has 0 bridgehead atoms. The summed E-state index contributed by atoms with van der Waals surface area (Å²) in [5.41, 5.74) is 3.99. The van der Waals surface area contributed by atoms with Crippen LogP contribution in [0.4, 0.5) is 8.78 Å². The van der Waals surface area contributed by atoms with E-state index in [1.807, 2.05) is 12.2 Å². The van der Waals surface area contributed by atoms with Crippen molar-refractivity contribution in [3.63, 3.8) is 0 Å². The molecule has 27 heavy (non-hydrogen) atoms. The molecule has 138 valence electrons. The quantitative estimate of drug-likeness (QED) is 0.575. The van der Waals surface area contributed by atoms with Gasteiger partial charge in [-0.25, -0.2) is 13.5 Å². The lowest BCUT2D eigenvalue weighted by Crippen LogP contribution is -2.13. The molecule has 3 nitrogen and oxygen atoms in total. The summed E-state index contributed by atoms with van der Waals surface area (Å²) in [4.78, 5) is 11.5. The molecule has 2 aliphatic rings. The van der Waals surface area contributed by atoms with Crippen molar-refractivity contribution in [2.24, 2.45) is 0 Å². The van der Waals surface area contributed by atoms with Crippen LogP contribution >= 0.6 is 9.24 Å². The Morgan fingerprint density at radius 1 is 1.33 bits per heavy atom. The van der Waals surface area contributed by atoms with Crippen LogP contribution in [0.3, 0.4) is 0 Å². The van der Waals surface area contributed by atoms with E-state index in [1.54, 1.807) is 22.9 Å². The summed E-state index contributed by atoms with van der Waals surface area (Å²) in [5, 5.41) is 5.15. The van der Waals surface area contributed by atoms with Gasteiger partial charge in [0.15, 0.2) is 6.29 Å². The molecule has 0 spiro atoms. The van der Waals surface area contributed by atoms with Crippen LogP contribution in [-0.2, 0) is 6.42 Å². The van der Waals surface area contributed by atoms with E-state index in [0.717, 1.165) is 41.6 Å². The summed E-state index contributed by atoms with van der Waals surface area (Å²) in [7, 11) is 2.52. The monoisotopic (exact) mass is 384 g/mol. The number of aromatic nitrogens is 2. The molecule has 2 aliphatic carbocycles. The topological polar surface area (TPSA) is 34.9 Å². The number of nitrogens with zero attached hydrogens (tertiary/aromatic N) is 2. The Bertz CT molecular complexity index is 1000. The smallest absolute Gasteiger partial charge is 0.170 e. The van der Waals surface area contributed by atoms with Gasteiger partial charge in [0.1, 0.15) is 17.3 Å². The number of hydrogen-bond donors (Lipinski definition) is 0. The van der Waals surface area contributed by atoms with Crippen molar-refractivity contribution in [1.29, 1.82) is 0 Å². The third-order valence-electron chi connectivity index (χ3n) is 5.10. The first kappa shape index (κ1) is 18.0. The van der Waals surface area contributed by atoms with Crippen LogP contribution in [0.5, 0.6) is 0 Å². The number of hydrogen-bond acceptors (Lipinski definition) is 2. The van der Waals surface area contributed by atoms with Crippen molar-refractivity contribution in [3.05, 3.63) is 76.7 Å².